The van der Waals surface area contributed by atoms with Crippen LogP contribution >= 0.6 is 35.0 Å². The molecular formula is C16H9Cl2N3S. The lowest BCUT2D eigenvalue weighted by Crippen LogP contribution is -1.85. The van der Waals surface area contributed by atoms with Crippen molar-refractivity contribution in [2.75, 3.05) is 0 Å². The molecule has 0 saturated heterocycles. The van der Waals surface area contributed by atoms with Gasteiger partial charge in [0.15, 0.2) is 0 Å². The van der Waals surface area contributed by atoms with Crippen LogP contribution in [-0.2, 0) is 0 Å². The van der Waals surface area contributed by atoms with Crippen molar-refractivity contribution in [1.29, 1.82) is 0 Å². The molecule has 0 bridgehead atoms. The normalized spacial score (nSPS) is 11.4. The van der Waals surface area contributed by atoms with Crippen molar-refractivity contribution in [3.63, 3.8) is 0 Å². The molecule has 2 aromatic carbocycles. The summed E-state index contributed by atoms with van der Waals surface area (Å²) < 4.78 is 0. The minimum absolute atomic E-state index is 0.536. The first kappa shape index (κ1) is 13.9. The zero-order valence-electron chi connectivity index (χ0n) is 11.2. The summed E-state index contributed by atoms with van der Waals surface area (Å²) in [7, 11) is 0. The maximum absolute atomic E-state index is 6.08. The minimum Gasteiger partial charge on any atom is -0.351 e. The van der Waals surface area contributed by atoms with Crippen molar-refractivity contribution in [3.05, 3.63) is 58.8 Å². The van der Waals surface area contributed by atoms with E-state index in [0.717, 1.165) is 31.9 Å². The molecule has 2 aromatic heterocycles. The minimum atomic E-state index is 0.536. The Morgan fingerprint density at radius 3 is 2.68 bits per heavy atom. The highest BCUT2D eigenvalue weighted by molar-refractivity contribution is 7.99. The molecule has 1 N–H and O–H groups in total. The van der Waals surface area contributed by atoms with Gasteiger partial charge in [0.1, 0.15) is 16.9 Å². The molecular weight excluding hydrogens is 337 g/mol. The Balaban J connectivity index is 1.86. The lowest BCUT2D eigenvalue weighted by Gasteiger charge is -2.03. The standard InChI is InChI=1S/C16H9Cl2N3S/c17-11-6-5-9(7-12(11)18)22-16-15-14(19-8-20-16)10-3-1-2-4-13(10)21-15/h1-8,21H. The second-order valence-electron chi connectivity index (χ2n) is 4.75. The van der Waals surface area contributed by atoms with Crippen molar-refractivity contribution in [3.8, 4) is 0 Å². The molecule has 108 valence electrons. The van der Waals surface area contributed by atoms with Gasteiger partial charge in [-0.25, -0.2) is 9.97 Å². The summed E-state index contributed by atoms with van der Waals surface area (Å²) in [4.78, 5) is 13.2. The topological polar surface area (TPSA) is 41.6 Å². The number of hydrogen-bond acceptors (Lipinski definition) is 3. The molecule has 0 saturated carbocycles. The summed E-state index contributed by atoms with van der Waals surface area (Å²) in [5.74, 6) is 0. The number of aromatic nitrogens is 3. The quantitative estimate of drug-likeness (QED) is 0.483. The van der Waals surface area contributed by atoms with Gasteiger partial charge in [0.05, 0.1) is 15.6 Å². The van der Waals surface area contributed by atoms with Gasteiger partial charge in [-0.1, -0.05) is 53.2 Å². The molecule has 0 unspecified atom stereocenters. The molecule has 4 rings (SSSR count). The maximum Gasteiger partial charge on any atom is 0.128 e. The van der Waals surface area contributed by atoms with Crippen LogP contribution in [0.4, 0.5) is 0 Å². The second-order valence-corrected chi connectivity index (χ2v) is 6.63. The average Bonchev–Trinajstić information content (AvgIpc) is 2.91. The van der Waals surface area contributed by atoms with Gasteiger partial charge in [-0.15, -0.1) is 0 Å². The van der Waals surface area contributed by atoms with Crippen molar-refractivity contribution in [1.82, 2.24) is 15.0 Å². The predicted octanol–water partition coefficient (Wildman–Crippen LogP) is 5.57. The van der Waals surface area contributed by atoms with E-state index in [1.807, 2.05) is 30.3 Å². The van der Waals surface area contributed by atoms with E-state index >= 15 is 0 Å². The highest BCUT2D eigenvalue weighted by atomic mass is 35.5. The number of aromatic amines is 1. The molecule has 2 heterocycles. The van der Waals surface area contributed by atoms with Gasteiger partial charge < -0.3 is 4.98 Å². The van der Waals surface area contributed by atoms with Crippen LogP contribution in [0.15, 0.2) is 58.7 Å². The van der Waals surface area contributed by atoms with Gasteiger partial charge in [0, 0.05) is 15.8 Å². The summed E-state index contributed by atoms with van der Waals surface area (Å²) in [6, 6.07) is 13.6. The molecule has 0 aliphatic rings. The monoisotopic (exact) mass is 345 g/mol. The third-order valence-electron chi connectivity index (χ3n) is 3.36. The first-order chi connectivity index (χ1) is 10.7. The number of halogens is 2. The highest BCUT2D eigenvalue weighted by Crippen LogP contribution is 2.35. The van der Waals surface area contributed by atoms with E-state index in [2.05, 4.69) is 21.0 Å². The van der Waals surface area contributed by atoms with Crippen LogP contribution in [0.1, 0.15) is 0 Å². The number of fused-ring (bicyclic) bond motifs is 3. The summed E-state index contributed by atoms with van der Waals surface area (Å²) in [5, 5.41) is 3.04. The molecule has 0 spiro atoms. The van der Waals surface area contributed by atoms with Crippen molar-refractivity contribution in [2.24, 2.45) is 0 Å². The number of para-hydroxylation sites is 1. The predicted molar refractivity (Wildman–Crippen MR) is 92.0 cm³/mol. The number of H-pyrrole nitrogens is 1. The Morgan fingerprint density at radius 1 is 0.955 bits per heavy atom. The molecule has 22 heavy (non-hydrogen) atoms. The van der Waals surface area contributed by atoms with Crippen LogP contribution in [0.2, 0.25) is 10.0 Å². The fraction of sp³-hybridized carbons (Fsp3) is 0. The van der Waals surface area contributed by atoms with E-state index in [0.29, 0.717) is 10.0 Å². The Bertz CT molecular complexity index is 997. The van der Waals surface area contributed by atoms with E-state index < -0.39 is 0 Å². The van der Waals surface area contributed by atoms with Gasteiger partial charge >= 0.3 is 0 Å². The molecule has 0 atom stereocenters. The van der Waals surface area contributed by atoms with E-state index in [1.165, 1.54) is 11.8 Å². The summed E-state index contributed by atoms with van der Waals surface area (Å²) in [6.07, 6.45) is 1.59. The number of nitrogens with zero attached hydrogens (tertiary/aromatic N) is 2. The van der Waals surface area contributed by atoms with E-state index in [1.54, 1.807) is 12.4 Å². The largest absolute Gasteiger partial charge is 0.351 e. The van der Waals surface area contributed by atoms with Crippen molar-refractivity contribution < 1.29 is 0 Å². The zero-order valence-corrected chi connectivity index (χ0v) is 13.5. The Morgan fingerprint density at radius 2 is 1.82 bits per heavy atom. The number of benzene rings is 2. The summed E-state index contributed by atoms with van der Waals surface area (Å²) in [6.45, 7) is 0. The molecule has 0 aliphatic heterocycles. The van der Waals surface area contributed by atoms with Gasteiger partial charge in [-0.05, 0) is 24.3 Å². The first-order valence-electron chi connectivity index (χ1n) is 6.57. The van der Waals surface area contributed by atoms with Crippen LogP contribution in [0.25, 0.3) is 21.9 Å². The molecule has 4 aromatic rings. The smallest absolute Gasteiger partial charge is 0.128 e. The molecule has 0 aliphatic carbocycles. The van der Waals surface area contributed by atoms with Crippen LogP contribution < -0.4 is 0 Å². The van der Waals surface area contributed by atoms with Crippen LogP contribution in [0.3, 0.4) is 0 Å². The lowest BCUT2D eigenvalue weighted by molar-refractivity contribution is 1.09. The fourth-order valence-electron chi connectivity index (χ4n) is 2.35. The Labute approximate surface area is 140 Å². The zero-order chi connectivity index (χ0) is 15.1. The van der Waals surface area contributed by atoms with E-state index in [4.69, 9.17) is 23.2 Å². The Kier molecular flexibility index (Phi) is 3.45. The second kappa shape index (κ2) is 5.47. The highest BCUT2D eigenvalue weighted by Gasteiger charge is 2.11. The van der Waals surface area contributed by atoms with Crippen molar-refractivity contribution >= 4 is 56.9 Å². The van der Waals surface area contributed by atoms with E-state index in [-0.39, 0.29) is 0 Å². The lowest BCUT2D eigenvalue weighted by atomic mass is 10.2. The van der Waals surface area contributed by atoms with Gasteiger partial charge in [-0.2, -0.15) is 0 Å². The average molecular weight is 346 g/mol. The molecule has 3 nitrogen and oxygen atoms in total. The summed E-state index contributed by atoms with van der Waals surface area (Å²) >= 11 is 13.6. The SMILES string of the molecule is Clc1ccc(Sc2ncnc3c2[nH]c2ccccc23)cc1Cl. The van der Waals surface area contributed by atoms with Gasteiger partial charge in [0.25, 0.3) is 0 Å². The Hall–Kier alpha value is -1.75. The number of rotatable bonds is 2. The maximum atomic E-state index is 6.08. The van der Waals surface area contributed by atoms with E-state index in [9.17, 15) is 0 Å². The molecule has 0 fully saturated rings. The van der Waals surface area contributed by atoms with Gasteiger partial charge in [-0.3, -0.25) is 0 Å². The molecule has 0 amide bonds. The van der Waals surface area contributed by atoms with Crippen LogP contribution in [0.5, 0.6) is 0 Å². The van der Waals surface area contributed by atoms with Gasteiger partial charge in [0.2, 0.25) is 0 Å². The third kappa shape index (κ3) is 2.33. The van der Waals surface area contributed by atoms with Crippen molar-refractivity contribution in [2.45, 2.75) is 9.92 Å². The van der Waals surface area contributed by atoms with Crippen LogP contribution in [0, 0.1) is 0 Å². The first-order valence-corrected chi connectivity index (χ1v) is 8.14. The fourth-order valence-corrected chi connectivity index (χ4v) is 3.60. The summed E-state index contributed by atoms with van der Waals surface area (Å²) in [5.41, 5.74) is 2.90. The number of hydrogen-bond donors (Lipinski definition) is 1. The molecule has 6 heteroatoms. The number of nitrogens with one attached hydrogen (secondary N) is 1. The molecule has 0 radical (unpaired) electrons. The third-order valence-corrected chi connectivity index (χ3v) is 5.09. The van der Waals surface area contributed by atoms with Crippen LogP contribution in [-0.4, -0.2) is 15.0 Å².